The molecule has 2 N–H and O–H groups in total. The summed E-state index contributed by atoms with van der Waals surface area (Å²) in [7, 11) is 0. The van der Waals surface area contributed by atoms with E-state index in [0.29, 0.717) is 6.54 Å². The molecule has 1 aromatic carbocycles. The van der Waals surface area contributed by atoms with Crippen LogP contribution in [-0.2, 0) is 11.3 Å². The monoisotopic (exact) mass is 340 g/mol. The Morgan fingerprint density at radius 1 is 1.12 bits per heavy atom. The van der Waals surface area contributed by atoms with Crippen molar-refractivity contribution in [2.75, 3.05) is 13.1 Å². The molecule has 0 bridgehead atoms. The fourth-order valence-corrected chi connectivity index (χ4v) is 4.38. The zero-order valence-corrected chi connectivity index (χ0v) is 14.8. The zero-order valence-electron chi connectivity index (χ0n) is 14.8. The molecule has 0 unspecified atom stereocenters. The van der Waals surface area contributed by atoms with Crippen molar-refractivity contribution in [1.29, 1.82) is 0 Å². The Labute approximate surface area is 149 Å². The van der Waals surface area contributed by atoms with Crippen LogP contribution in [0, 0.1) is 5.92 Å². The van der Waals surface area contributed by atoms with Gasteiger partial charge in [-0.3, -0.25) is 4.79 Å². The number of fused-ring (bicyclic) bond motifs is 1. The maximum atomic E-state index is 12.5. The van der Waals surface area contributed by atoms with Gasteiger partial charge in [-0.15, -0.1) is 0 Å². The molecule has 4 rings (SSSR count). The van der Waals surface area contributed by atoms with E-state index >= 15 is 0 Å². The fraction of sp³-hybridized carbons (Fsp3) is 0.600. The number of aromatic nitrogens is 2. The number of hydrogen-bond donors (Lipinski definition) is 2. The summed E-state index contributed by atoms with van der Waals surface area (Å²) in [4.78, 5) is 22.9. The summed E-state index contributed by atoms with van der Waals surface area (Å²) < 4.78 is 0. The van der Waals surface area contributed by atoms with Crippen LogP contribution in [0.2, 0.25) is 0 Å². The van der Waals surface area contributed by atoms with Gasteiger partial charge in [0, 0.05) is 12.0 Å². The quantitative estimate of drug-likeness (QED) is 0.898. The van der Waals surface area contributed by atoms with Gasteiger partial charge in [-0.2, -0.15) is 0 Å². The third-order valence-electron chi connectivity index (χ3n) is 5.86. The van der Waals surface area contributed by atoms with E-state index in [4.69, 9.17) is 0 Å². The maximum Gasteiger partial charge on any atom is 0.223 e. The number of nitrogens with one attached hydrogen (secondary N) is 2. The van der Waals surface area contributed by atoms with Crippen LogP contribution < -0.4 is 5.32 Å². The van der Waals surface area contributed by atoms with E-state index in [1.165, 1.54) is 32.1 Å². The van der Waals surface area contributed by atoms with Gasteiger partial charge in [0.1, 0.15) is 5.82 Å². The van der Waals surface area contributed by atoms with E-state index in [2.05, 4.69) is 20.2 Å². The summed E-state index contributed by atoms with van der Waals surface area (Å²) in [6.07, 6.45) is 8.83. The highest BCUT2D eigenvalue weighted by Crippen LogP contribution is 2.27. The lowest BCUT2D eigenvalue weighted by Crippen LogP contribution is -2.45. The Morgan fingerprint density at radius 2 is 1.88 bits per heavy atom. The van der Waals surface area contributed by atoms with E-state index < -0.39 is 0 Å². The van der Waals surface area contributed by atoms with Crippen molar-refractivity contribution in [2.24, 2.45) is 5.92 Å². The van der Waals surface area contributed by atoms with Gasteiger partial charge < -0.3 is 15.2 Å². The molecule has 2 aliphatic rings. The molecule has 0 radical (unpaired) electrons. The molecule has 2 fully saturated rings. The standard InChI is InChI=1S/C20H28N4O/c25-20(21-14-19-22-17-8-4-5-9-18(17)23-19)15-10-12-24(13-11-15)16-6-2-1-3-7-16/h4-5,8-9,15-16H,1-3,6-7,10-14H2,(H,21,25)(H,22,23). The van der Waals surface area contributed by atoms with E-state index in [9.17, 15) is 4.79 Å². The Kier molecular flexibility index (Phi) is 5.02. The first-order valence-electron chi connectivity index (χ1n) is 9.75. The third-order valence-corrected chi connectivity index (χ3v) is 5.86. The molecule has 1 saturated heterocycles. The smallest absolute Gasteiger partial charge is 0.223 e. The van der Waals surface area contributed by atoms with Crippen molar-refractivity contribution >= 4 is 16.9 Å². The summed E-state index contributed by atoms with van der Waals surface area (Å²) in [6, 6.07) is 8.73. The fourth-order valence-electron chi connectivity index (χ4n) is 4.38. The van der Waals surface area contributed by atoms with Gasteiger partial charge in [0.2, 0.25) is 5.91 Å². The first-order valence-corrected chi connectivity index (χ1v) is 9.75. The molecule has 5 heteroatoms. The minimum absolute atomic E-state index is 0.157. The highest BCUT2D eigenvalue weighted by Gasteiger charge is 2.29. The molecule has 1 aliphatic heterocycles. The van der Waals surface area contributed by atoms with E-state index in [1.54, 1.807) is 0 Å². The molecule has 2 aromatic rings. The number of carbonyl (C=O) groups is 1. The highest BCUT2D eigenvalue weighted by atomic mass is 16.1. The number of para-hydroxylation sites is 2. The lowest BCUT2D eigenvalue weighted by Gasteiger charge is -2.38. The van der Waals surface area contributed by atoms with Crippen LogP contribution >= 0.6 is 0 Å². The predicted octanol–water partition coefficient (Wildman–Crippen LogP) is 3.22. The number of hydrogen-bond acceptors (Lipinski definition) is 3. The predicted molar refractivity (Wildman–Crippen MR) is 99.1 cm³/mol. The first kappa shape index (κ1) is 16.6. The van der Waals surface area contributed by atoms with Gasteiger partial charge in [0.25, 0.3) is 0 Å². The van der Waals surface area contributed by atoms with Crippen LogP contribution in [0.4, 0.5) is 0 Å². The Morgan fingerprint density at radius 3 is 2.64 bits per heavy atom. The topological polar surface area (TPSA) is 61.0 Å². The van der Waals surface area contributed by atoms with E-state index in [1.807, 2.05) is 24.3 Å². The molecule has 0 spiro atoms. The Hall–Kier alpha value is -1.88. The van der Waals surface area contributed by atoms with Gasteiger partial charge >= 0.3 is 0 Å². The van der Waals surface area contributed by atoms with Gasteiger partial charge in [-0.1, -0.05) is 31.4 Å². The molecule has 1 saturated carbocycles. The summed E-state index contributed by atoms with van der Waals surface area (Å²) in [5.41, 5.74) is 1.97. The normalized spacial score (nSPS) is 20.8. The largest absolute Gasteiger partial charge is 0.349 e. The lowest BCUT2D eigenvalue weighted by molar-refractivity contribution is -0.126. The van der Waals surface area contributed by atoms with Crippen molar-refractivity contribution in [1.82, 2.24) is 20.2 Å². The molecule has 1 aliphatic carbocycles. The summed E-state index contributed by atoms with van der Waals surface area (Å²) in [5.74, 6) is 1.17. The molecular formula is C20H28N4O. The molecule has 0 atom stereocenters. The average Bonchev–Trinajstić information content (AvgIpc) is 3.10. The molecule has 5 nitrogen and oxygen atoms in total. The summed E-state index contributed by atoms with van der Waals surface area (Å²) >= 11 is 0. The highest BCUT2D eigenvalue weighted by molar-refractivity contribution is 5.79. The number of imidazole rings is 1. The number of likely N-dealkylation sites (tertiary alicyclic amines) is 1. The first-order chi connectivity index (χ1) is 12.3. The van der Waals surface area contributed by atoms with Crippen LogP contribution in [0.25, 0.3) is 11.0 Å². The van der Waals surface area contributed by atoms with Gasteiger partial charge in [0.05, 0.1) is 17.6 Å². The van der Waals surface area contributed by atoms with E-state index in [-0.39, 0.29) is 11.8 Å². The number of H-pyrrole nitrogens is 1. The van der Waals surface area contributed by atoms with Crippen molar-refractivity contribution in [3.8, 4) is 0 Å². The van der Waals surface area contributed by atoms with Crippen LogP contribution in [-0.4, -0.2) is 39.9 Å². The molecule has 1 aromatic heterocycles. The molecule has 134 valence electrons. The van der Waals surface area contributed by atoms with Gasteiger partial charge in [-0.25, -0.2) is 4.98 Å². The second-order valence-corrected chi connectivity index (χ2v) is 7.52. The second kappa shape index (κ2) is 7.56. The van der Waals surface area contributed by atoms with Crippen molar-refractivity contribution in [3.63, 3.8) is 0 Å². The number of amides is 1. The lowest BCUT2D eigenvalue weighted by atomic mass is 9.90. The van der Waals surface area contributed by atoms with Gasteiger partial charge in [0.15, 0.2) is 0 Å². The number of nitrogens with zero attached hydrogens (tertiary/aromatic N) is 2. The van der Waals surface area contributed by atoms with Crippen molar-refractivity contribution in [3.05, 3.63) is 30.1 Å². The van der Waals surface area contributed by atoms with Crippen LogP contribution in [0.15, 0.2) is 24.3 Å². The molecule has 2 heterocycles. The minimum atomic E-state index is 0.157. The van der Waals surface area contributed by atoms with E-state index in [0.717, 1.165) is 48.8 Å². The van der Waals surface area contributed by atoms with Crippen LogP contribution in [0.1, 0.15) is 50.8 Å². The SMILES string of the molecule is O=C(NCc1nc2ccccc2[nH]1)C1CCN(C2CCCCC2)CC1. The number of benzene rings is 1. The molecular weight excluding hydrogens is 312 g/mol. The van der Waals surface area contributed by atoms with Crippen LogP contribution in [0.5, 0.6) is 0 Å². The van der Waals surface area contributed by atoms with Gasteiger partial charge in [-0.05, 0) is 50.9 Å². The number of piperidine rings is 1. The molecule has 25 heavy (non-hydrogen) atoms. The summed E-state index contributed by atoms with van der Waals surface area (Å²) in [6.45, 7) is 2.64. The second-order valence-electron chi connectivity index (χ2n) is 7.52. The Bertz CT molecular complexity index is 678. The third kappa shape index (κ3) is 3.87. The molecule has 1 amide bonds. The minimum Gasteiger partial charge on any atom is -0.349 e. The number of aromatic amines is 1. The average molecular weight is 340 g/mol. The van der Waals surface area contributed by atoms with Crippen LogP contribution in [0.3, 0.4) is 0 Å². The number of carbonyl (C=O) groups excluding carboxylic acids is 1. The maximum absolute atomic E-state index is 12.5. The van der Waals surface area contributed by atoms with Crippen molar-refractivity contribution < 1.29 is 4.79 Å². The summed E-state index contributed by atoms with van der Waals surface area (Å²) in [5, 5.41) is 3.07. The Balaban J connectivity index is 1.26. The van der Waals surface area contributed by atoms with Crippen molar-refractivity contribution in [2.45, 2.75) is 57.5 Å². The number of rotatable bonds is 4. The zero-order chi connectivity index (χ0) is 17.1.